The fraction of sp³-hybridized carbons (Fsp3) is 0.0800. The Labute approximate surface area is 209 Å². The van der Waals surface area contributed by atoms with Gasteiger partial charge in [0, 0.05) is 11.6 Å². The van der Waals surface area contributed by atoms with E-state index < -0.39 is 23.7 Å². The zero-order valence-electron chi connectivity index (χ0n) is 18.2. The fourth-order valence-corrected chi connectivity index (χ4v) is 3.64. The molecule has 1 aliphatic rings. The van der Waals surface area contributed by atoms with Crippen molar-refractivity contribution in [2.24, 2.45) is 0 Å². The van der Waals surface area contributed by atoms with Gasteiger partial charge in [-0.1, -0.05) is 35.3 Å². The zero-order valence-corrected chi connectivity index (χ0v) is 19.7. The van der Waals surface area contributed by atoms with Crippen molar-refractivity contribution in [1.82, 2.24) is 5.32 Å². The highest BCUT2D eigenvalue weighted by Gasteiger charge is 2.37. The molecule has 0 spiro atoms. The summed E-state index contributed by atoms with van der Waals surface area (Å²) in [6.45, 7) is 0.0229. The molecule has 0 saturated carbocycles. The third-order valence-corrected chi connectivity index (χ3v) is 5.81. The molecule has 35 heavy (non-hydrogen) atoms. The summed E-state index contributed by atoms with van der Waals surface area (Å²) >= 11 is 12.0. The van der Waals surface area contributed by atoms with Crippen LogP contribution in [0.2, 0.25) is 10.0 Å². The highest BCUT2D eigenvalue weighted by molar-refractivity contribution is 6.43. The van der Waals surface area contributed by atoms with Crippen LogP contribution in [0.25, 0.3) is 6.08 Å². The first-order chi connectivity index (χ1) is 16.8. The smallest absolute Gasteiger partial charge is 0.335 e. The monoisotopic (exact) mass is 514 g/mol. The molecule has 1 saturated heterocycles. The van der Waals surface area contributed by atoms with Crippen molar-refractivity contribution in [2.75, 3.05) is 12.0 Å². The number of amides is 4. The molecule has 7 nitrogen and oxygen atoms in total. The van der Waals surface area contributed by atoms with Crippen molar-refractivity contribution < 1.29 is 28.2 Å². The van der Waals surface area contributed by atoms with E-state index in [2.05, 4.69) is 5.32 Å². The summed E-state index contributed by atoms with van der Waals surface area (Å²) in [6, 6.07) is 14.0. The molecule has 1 fully saturated rings. The lowest BCUT2D eigenvalue weighted by Crippen LogP contribution is -2.54. The number of rotatable bonds is 6. The Morgan fingerprint density at radius 2 is 1.80 bits per heavy atom. The number of urea groups is 1. The van der Waals surface area contributed by atoms with Gasteiger partial charge in [0.1, 0.15) is 29.5 Å². The summed E-state index contributed by atoms with van der Waals surface area (Å²) in [5.74, 6) is -1.39. The average molecular weight is 515 g/mol. The van der Waals surface area contributed by atoms with Crippen molar-refractivity contribution in [1.29, 1.82) is 0 Å². The van der Waals surface area contributed by atoms with Crippen LogP contribution in [0.15, 0.2) is 66.2 Å². The van der Waals surface area contributed by atoms with E-state index >= 15 is 0 Å². The number of hydrogen-bond acceptors (Lipinski definition) is 5. The van der Waals surface area contributed by atoms with Gasteiger partial charge in [-0.15, -0.1) is 0 Å². The van der Waals surface area contributed by atoms with Crippen LogP contribution in [0, 0.1) is 5.82 Å². The molecule has 0 unspecified atom stereocenters. The van der Waals surface area contributed by atoms with Gasteiger partial charge in [0.25, 0.3) is 11.8 Å². The topological polar surface area (TPSA) is 84.9 Å². The number of methoxy groups -OCH3 is 1. The van der Waals surface area contributed by atoms with Crippen molar-refractivity contribution in [3.8, 4) is 11.5 Å². The fourth-order valence-electron chi connectivity index (χ4n) is 3.35. The van der Waals surface area contributed by atoms with Crippen LogP contribution in [-0.2, 0) is 16.2 Å². The molecule has 3 aromatic carbocycles. The highest BCUT2D eigenvalue weighted by atomic mass is 35.5. The Morgan fingerprint density at radius 3 is 2.51 bits per heavy atom. The third-order valence-electron chi connectivity index (χ3n) is 5.07. The lowest BCUT2D eigenvalue weighted by molar-refractivity contribution is -0.122. The van der Waals surface area contributed by atoms with E-state index in [0.29, 0.717) is 16.9 Å². The molecule has 1 aliphatic heterocycles. The van der Waals surface area contributed by atoms with Crippen LogP contribution in [0.5, 0.6) is 11.5 Å². The van der Waals surface area contributed by atoms with Crippen molar-refractivity contribution in [3.63, 3.8) is 0 Å². The van der Waals surface area contributed by atoms with Gasteiger partial charge in [0.05, 0.1) is 22.8 Å². The van der Waals surface area contributed by atoms with Gasteiger partial charge < -0.3 is 9.47 Å². The number of carbonyl (C=O) groups excluding carboxylic acids is 3. The first-order valence-corrected chi connectivity index (χ1v) is 10.9. The van der Waals surface area contributed by atoms with Crippen LogP contribution in [0.4, 0.5) is 14.9 Å². The van der Waals surface area contributed by atoms with E-state index in [1.165, 1.54) is 43.5 Å². The molecule has 10 heteroatoms. The molecule has 1 N–H and O–H groups in total. The lowest BCUT2D eigenvalue weighted by atomic mass is 10.1. The van der Waals surface area contributed by atoms with Gasteiger partial charge in [0.15, 0.2) is 0 Å². The third kappa shape index (κ3) is 5.29. The lowest BCUT2D eigenvalue weighted by Gasteiger charge is -2.26. The molecule has 4 amide bonds. The number of carbonyl (C=O) groups is 3. The molecule has 1 heterocycles. The molecular formula is C25H17Cl2FN2O5. The van der Waals surface area contributed by atoms with Crippen LogP contribution in [-0.4, -0.2) is 25.0 Å². The number of ether oxygens (including phenoxy) is 2. The van der Waals surface area contributed by atoms with E-state index in [4.69, 9.17) is 32.7 Å². The Hall–Kier alpha value is -3.88. The predicted molar refractivity (Wildman–Crippen MR) is 129 cm³/mol. The molecule has 178 valence electrons. The number of hydrogen-bond donors (Lipinski definition) is 1. The minimum atomic E-state index is -0.923. The Balaban J connectivity index is 1.69. The molecule has 0 aliphatic carbocycles. The Bertz CT molecular complexity index is 1380. The van der Waals surface area contributed by atoms with Gasteiger partial charge in [0.2, 0.25) is 0 Å². The average Bonchev–Trinajstić information content (AvgIpc) is 2.83. The molecule has 0 atom stereocenters. The second-order valence-corrected chi connectivity index (χ2v) is 8.19. The minimum absolute atomic E-state index is 0.0229. The first kappa shape index (κ1) is 24.3. The summed E-state index contributed by atoms with van der Waals surface area (Å²) in [5, 5.41) is 2.52. The second kappa shape index (κ2) is 10.2. The number of nitrogens with one attached hydrogen (secondary N) is 1. The zero-order chi connectivity index (χ0) is 25.1. The van der Waals surface area contributed by atoms with Gasteiger partial charge >= 0.3 is 6.03 Å². The number of benzene rings is 3. The van der Waals surface area contributed by atoms with Crippen LogP contribution in [0.3, 0.4) is 0 Å². The number of imide groups is 2. The largest absolute Gasteiger partial charge is 0.497 e. The minimum Gasteiger partial charge on any atom is -0.497 e. The van der Waals surface area contributed by atoms with E-state index in [1.807, 2.05) is 0 Å². The normalized spacial score (nSPS) is 14.8. The molecule has 0 bridgehead atoms. The van der Waals surface area contributed by atoms with E-state index in [-0.39, 0.29) is 33.7 Å². The maximum atomic E-state index is 13.5. The van der Waals surface area contributed by atoms with E-state index in [1.54, 1.807) is 30.3 Å². The summed E-state index contributed by atoms with van der Waals surface area (Å²) < 4.78 is 24.6. The second-order valence-electron chi connectivity index (χ2n) is 7.38. The maximum absolute atomic E-state index is 13.5. The molecular weight excluding hydrogens is 498 g/mol. The van der Waals surface area contributed by atoms with Gasteiger partial charge in [-0.25, -0.2) is 14.1 Å². The van der Waals surface area contributed by atoms with Crippen molar-refractivity contribution >= 4 is 52.8 Å². The Morgan fingerprint density at radius 1 is 1.00 bits per heavy atom. The standard InChI is InChI=1S/C25H17Cl2FN2O5/c1-34-18-7-5-15(22(12-18)35-13-14-3-2-4-16(28)9-14)10-19-23(31)29-25(33)30(24(19)32)17-6-8-20(26)21(27)11-17/h2-12H,13H2,1H3,(H,29,31,33)/b19-10+. The number of barbiturate groups is 1. The Kier molecular flexibility index (Phi) is 7.04. The molecule has 4 rings (SSSR count). The van der Waals surface area contributed by atoms with Gasteiger partial charge in [-0.05, 0) is 54.1 Å². The number of halogens is 3. The van der Waals surface area contributed by atoms with E-state index in [0.717, 1.165) is 4.90 Å². The van der Waals surface area contributed by atoms with Gasteiger partial charge in [-0.3, -0.25) is 14.9 Å². The molecule has 3 aromatic rings. The predicted octanol–water partition coefficient (Wildman–Crippen LogP) is 5.39. The first-order valence-electron chi connectivity index (χ1n) is 10.2. The maximum Gasteiger partial charge on any atom is 0.335 e. The van der Waals surface area contributed by atoms with Crippen LogP contribution < -0.4 is 19.7 Å². The van der Waals surface area contributed by atoms with Gasteiger partial charge in [-0.2, -0.15) is 0 Å². The van der Waals surface area contributed by atoms with E-state index in [9.17, 15) is 18.8 Å². The van der Waals surface area contributed by atoms with Crippen LogP contribution >= 0.6 is 23.2 Å². The van der Waals surface area contributed by atoms with Crippen LogP contribution in [0.1, 0.15) is 11.1 Å². The molecule has 0 aromatic heterocycles. The SMILES string of the molecule is COc1ccc(/C=C2\C(=O)NC(=O)N(c3ccc(Cl)c(Cl)c3)C2=O)c(OCc2cccc(F)c2)c1. The van der Waals surface area contributed by atoms with Crippen molar-refractivity contribution in [3.05, 3.63) is 93.2 Å². The molecule has 0 radical (unpaired) electrons. The number of anilines is 1. The summed E-state index contributed by atoms with van der Waals surface area (Å²) in [4.78, 5) is 39.0. The highest BCUT2D eigenvalue weighted by Crippen LogP contribution is 2.31. The summed E-state index contributed by atoms with van der Waals surface area (Å²) in [6.07, 6.45) is 1.30. The van der Waals surface area contributed by atoms with Crippen molar-refractivity contribution in [2.45, 2.75) is 6.61 Å². The summed E-state index contributed by atoms with van der Waals surface area (Å²) in [7, 11) is 1.47. The summed E-state index contributed by atoms with van der Waals surface area (Å²) in [5.41, 5.74) is 0.771. The quantitative estimate of drug-likeness (QED) is 0.352. The number of nitrogens with zero attached hydrogens (tertiary/aromatic N) is 1.